The minimum Gasteiger partial charge on any atom is -0.312 e. The first-order valence-corrected chi connectivity index (χ1v) is 5.51. The number of hydrogen-bond acceptors (Lipinski definition) is 3. The van der Waals surface area contributed by atoms with Crippen LogP contribution in [0.15, 0.2) is 12.7 Å². The summed E-state index contributed by atoms with van der Waals surface area (Å²) in [4.78, 5) is 3.91. The highest BCUT2D eigenvalue weighted by molar-refractivity contribution is 4.71. The van der Waals surface area contributed by atoms with E-state index in [9.17, 15) is 0 Å². The molecule has 0 bridgehead atoms. The van der Waals surface area contributed by atoms with Gasteiger partial charge in [-0.3, -0.25) is 4.68 Å². The van der Waals surface area contributed by atoms with Crippen LogP contribution in [0.3, 0.4) is 0 Å². The molecule has 1 heterocycles. The molecule has 0 spiro atoms. The van der Waals surface area contributed by atoms with Gasteiger partial charge in [0.2, 0.25) is 0 Å². The largest absolute Gasteiger partial charge is 0.312 e. The fraction of sp³-hybridized carbons (Fsp3) is 0.800. The second-order valence-corrected chi connectivity index (χ2v) is 3.95. The summed E-state index contributed by atoms with van der Waals surface area (Å²) in [5.74, 6) is 0. The van der Waals surface area contributed by atoms with Crippen molar-refractivity contribution < 1.29 is 0 Å². The van der Waals surface area contributed by atoms with Crippen molar-refractivity contribution >= 4 is 0 Å². The van der Waals surface area contributed by atoms with Crippen LogP contribution in [0.1, 0.15) is 32.1 Å². The normalized spacial score (nSPS) is 18.6. The summed E-state index contributed by atoms with van der Waals surface area (Å²) >= 11 is 0. The zero-order valence-corrected chi connectivity index (χ0v) is 8.52. The highest BCUT2D eigenvalue weighted by Crippen LogP contribution is 2.16. The summed E-state index contributed by atoms with van der Waals surface area (Å²) in [7, 11) is 0. The summed E-state index contributed by atoms with van der Waals surface area (Å²) in [6, 6.07) is 0.743. The minimum absolute atomic E-state index is 0.743. The molecule has 1 fully saturated rings. The van der Waals surface area contributed by atoms with Crippen molar-refractivity contribution in [1.82, 2.24) is 20.1 Å². The van der Waals surface area contributed by atoms with E-state index in [1.165, 1.54) is 32.1 Å². The van der Waals surface area contributed by atoms with Gasteiger partial charge in [-0.15, -0.1) is 0 Å². The van der Waals surface area contributed by atoms with E-state index < -0.39 is 0 Å². The monoisotopic (exact) mass is 194 g/mol. The molecule has 0 radical (unpaired) electrons. The van der Waals surface area contributed by atoms with Gasteiger partial charge < -0.3 is 5.32 Å². The number of aromatic nitrogens is 3. The summed E-state index contributed by atoms with van der Waals surface area (Å²) in [5, 5.41) is 7.64. The summed E-state index contributed by atoms with van der Waals surface area (Å²) in [5.41, 5.74) is 0. The van der Waals surface area contributed by atoms with Gasteiger partial charge in [0.05, 0.1) is 6.54 Å². The Morgan fingerprint density at radius 2 is 2.14 bits per heavy atom. The average Bonchev–Trinajstić information content (AvgIpc) is 2.72. The van der Waals surface area contributed by atoms with Crippen LogP contribution < -0.4 is 5.32 Å². The van der Waals surface area contributed by atoms with E-state index in [1.807, 2.05) is 4.68 Å². The third-order valence-corrected chi connectivity index (χ3v) is 2.85. The third-order valence-electron chi connectivity index (χ3n) is 2.85. The molecule has 2 rings (SSSR count). The maximum Gasteiger partial charge on any atom is 0.137 e. The standard InChI is InChI=1S/C10H18N4/c1-2-4-10(5-3-1)12-6-7-14-9-11-8-13-14/h8-10,12H,1-7H2. The van der Waals surface area contributed by atoms with Gasteiger partial charge in [0.1, 0.15) is 12.7 Å². The van der Waals surface area contributed by atoms with Crippen LogP contribution in [0.2, 0.25) is 0 Å². The first-order chi connectivity index (χ1) is 6.95. The van der Waals surface area contributed by atoms with Crippen molar-refractivity contribution in [3.8, 4) is 0 Å². The zero-order valence-electron chi connectivity index (χ0n) is 8.52. The first-order valence-electron chi connectivity index (χ1n) is 5.51. The molecule has 4 heteroatoms. The average molecular weight is 194 g/mol. The molecule has 1 aliphatic carbocycles. The van der Waals surface area contributed by atoms with E-state index in [4.69, 9.17) is 0 Å². The highest BCUT2D eigenvalue weighted by Gasteiger charge is 2.11. The number of hydrogen-bond donors (Lipinski definition) is 1. The van der Waals surface area contributed by atoms with Crippen LogP contribution >= 0.6 is 0 Å². The molecule has 0 aliphatic heterocycles. The third kappa shape index (κ3) is 2.80. The lowest BCUT2D eigenvalue weighted by Crippen LogP contribution is -2.33. The van der Waals surface area contributed by atoms with Gasteiger partial charge in [0, 0.05) is 12.6 Å². The van der Waals surface area contributed by atoms with Gasteiger partial charge in [0.25, 0.3) is 0 Å². The van der Waals surface area contributed by atoms with Crippen LogP contribution in [0.4, 0.5) is 0 Å². The molecule has 14 heavy (non-hydrogen) atoms. The van der Waals surface area contributed by atoms with E-state index in [1.54, 1.807) is 12.7 Å². The van der Waals surface area contributed by atoms with Crippen LogP contribution in [0, 0.1) is 0 Å². The van der Waals surface area contributed by atoms with Crippen LogP contribution in [-0.4, -0.2) is 27.4 Å². The Morgan fingerprint density at radius 3 is 2.86 bits per heavy atom. The molecule has 78 valence electrons. The molecule has 0 amide bonds. The van der Waals surface area contributed by atoms with Crippen molar-refractivity contribution in [2.24, 2.45) is 0 Å². The molecule has 0 aromatic carbocycles. The maximum absolute atomic E-state index is 4.06. The minimum atomic E-state index is 0.743. The van der Waals surface area contributed by atoms with E-state index in [0.29, 0.717) is 0 Å². The maximum atomic E-state index is 4.06. The van der Waals surface area contributed by atoms with E-state index in [2.05, 4.69) is 15.4 Å². The van der Waals surface area contributed by atoms with E-state index >= 15 is 0 Å². The molecule has 1 saturated carbocycles. The second kappa shape index (κ2) is 5.10. The van der Waals surface area contributed by atoms with Gasteiger partial charge >= 0.3 is 0 Å². The summed E-state index contributed by atoms with van der Waals surface area (Å²) in [6.07, 6.45) is 10.2. The fourth-order valence-corrected chi connectivity index (χ4v) is 2.04. The van der Waals surface area contributed by atoms with Crippen LogP contribution in [0.25, 0.3) is 0 Å². The van der Waals surface area contributed by atoms with Gasteiger partial charge in [0.15, 0.2) is 0 Å². The van der Waals surface area contributed by atoms with E-state index in [0.717, 1.165) is 19.1 Å². The Kier molecular flexibility index (Phi) is 3.51. The van der Waals surface area contributed by atoms with Crippen LogP contribution in [-0.2, 0) is 6.54 Å². The molecular formula is C10H18N4. The Labute approximate surface area is 84.7 Å². The van der Waals surface area contributed by atoms with Crippen molar-refractivity contribution in [1.29, 1.82) is 0 Å². The molecule has 1 N–H and O–H groups in total. The lowest BCUT2D eigenvalue weighted by Gasteiger charge is -2.22. The van der Waals surface area contributed by atoms with Crippen molar-refractivity contribution in [3.63, 3.8) is 0 Å². The molecule has 1 aliphatic rings. The predicted octanol–water partition coefficient (Wildman–Crippen LogP) is 1.20. The summed E-state index contributed by atoms with van der Waals surface area (Å²) in [6.45, 7) is 1.94. The molecule has 0 atom stereocenters. The Morgan fingerprint density at radius 1 is 1.29 bits per heavy atom. The highest BCUT2D eigenvalue weighted by atomic mass is 15.3. The quantitative estimate of drug-likeness (QED) is 0.783. The lowest BCUT2D eigenvalue weighted by molar-refractivity contribution is 0.365. The Hall–Kier alpha value is -0.900. The van der Waals surface area contributed by atoms with Crippen molar-refractivity contribution in [2.75, 3.05) is 6.54 Å². The number of nitrogens with zero attached hydrogens (tertiary/aromatic N) is 3. The van der Waals surface area contributed by atoms with Crippen LogP contribution in [0.5, 0.6) is 0 Å². The predicted molar refractivity (Wildman–Crippen MR) is 54.9 cm³/mol. The lowest BCUT2D eigenvalue weighted by atomic mass is 9.95. The second-order valence-electron chi connectivity index (χ2n) is 3.95. The van der Waals surface area contributed by atoms with Gasteiger partial charge in [-0.05, 0) is 12.8 Å². The Balaban J connectivity index is 1.62. The van der Waals surface area contributed by atoms with Crippen molar-refractivity contribution in [3.05, 3.63) is 12.7 Å². The fourth-order valence-electron chi connectivity index (χ4n) is 2.04. The molecule has 0 saturated heterocycles. The first kappa shape index (κ1) is 9.65. The van der Waals surface area contributed by atoms with Gasteiger partial charge in [-0.1, -0.05) is 19.3 Å². The Bertz CT molecular complexity index is 239. The molecule has 1 aromatic rings. The van der Waals surface area contributed by atoms with Gasteiger partial charge in [-0.25, -0.2) is 4.98 Å². The topological polar surface area (TPSA) is 42.7 Å². The molecule has 1 aromatic heterocycles. The van der Waals surface area contributed by atoms with Gasteiger partial charge in [-0.2, -0.15) is 5.10 Å². The van der Waals surface area contributed by atoms with Crippen molar-refractivity contribution in [2.45, 2.75) is 44.7 Å². The number of rotatable bonds is 4. The summed E-state index contributed by atoms with van der Waals surface area (Å²) < 4.78 is 1.87. The molecule has 0 unspecified atom stereocenters. The smallest absolute Gasteiger partial charge is 0.137 e. The molecule has 4 nitrogen and oxygen atoms in total. The van der Waals surface area contributed by atoms with E-state index in [-0.39, 0.29) is 0 Å². The molecular weight excluding hydrogens is 176 g/mol. The zero-order chi connectivity index (χ0) is 9.64. The SMILES string of the molecule is c1ncn(CCNC2CCCCC2)n1. The number of nitrogens with one attached hydrogen (secondary N) is 1.